The van der Waals surface area contributed by atoms with Gasteiger partial charge in [0, 0.05) is 18.1 Å². The summed E-state index contributed by atoms with van der Waals surface area (Å²) in [6, 6.07) is 11.2. The molecule has 2 atom stereocenters. The summed E-state index contributed by atoms with van der Waals surface area (Å²) in [4.78, 5) is 54.9. The molecule has 46 heavy (non-hydrogen) atoms. The van der Waals surface area contributed by atoms with Gasteiger partial charge in [-0.25, -0.2) is 14.4 Å². The molecule has 0 radical (unpaired) electrons. The lowest BCUT2D eigenvalue weighted by Gasteiger charge is -2.39. The molecule has 2 heterocycles. The summed E-state index contributed by atoms with van der Waals surface area (Å²) in [5.74, 6) is -2.54. The number of alkyl carbamates (subject to hydrolysis) is 1. The lowest BCUT2D eigenvalue weighted by molar-refractivity contribution is -0.178. The molecule has 0 saturated heterocycles. The summed E-state index contributed by atoms with van der Waals surface area (Å²) in [6.07, 6.45) is -0.752. The van der Waals surface area contributed by atoms with Crippen LogP contribution in [0, 0.1) is 0 Å². The number of carbonyl (C=O) groups is 4. The van der Waals surface area contributed by atoms with Gasteiger partial charge >= 0.3 is 12.1 Å². The van der Waals surface area contributed by atoms with Gasteiger partial charge in [0.05, 0.1) is 29.3 Å². The summed E-state index contributed by atoms with van der Waals surface area (Å²) in [6.45, 7) is 16.2. The van der Waals surface area contributed by atoms with Crippen LogP contribution in [0.3, 0.4) is 0 Å². The summed E-state index contributed by atoms with van der Waals surface area (Å²) < 4.78 is 19.5. The van der Waals surface area contributed by atoms with Crippen molar-refractivity contribution in [2.75, 3.05) is 13.2 Å². The van der Waals surface area contributed by atoms with Gasteiger partial charge in [-0.1, -0.05) is 32.9 Å². The first-order chi connectivity index (χ1) is 21.3. The Morgan fingerprint density at radius 3 is 2.20 bits per heavy atom. The number of hydroxylamine groups is 2. The number of amides is 3. The fraction of sp³-hybridized carbons (Fsp3) is 0.469. The van der Waals surface area contributed by atoms with Crippen LogP contribution in [-0.4, -0.2) is 83.1 Å². The SMILES string of the molecule is CC(C)(C)OC(=O)NC[C@H](Cn1cc2cc(OC[C@H](ON3C(=O)c4ccccc4C3=O)C(=O)O)ccc2n1)O[Si](C)(C)C(C)(C)C. The lowest BCUT2D eigenvalue weighted by atomic mass is 10.1. The highest BCUT2D eigenvalue weighted by Gasteiger charge is 2.40. The number of carbonyl (C=O) groups excluding carboxylic acids is 3. The number of benzene rings is 2. The number of fused-ring (bicyclic) bond motifs is 2. The van der Waals surface area contributed by atoms with Gasteiger partial charge in [-0.2, -0.15) is 5.10 Å². The van der Waals surface area contributed by atoms with Crippen molar-refractivity contribution in [1.82, 2.24) is 20.2 Å². The molecule has 1 aromatic heterocycles. The maximum atomic E-state index is 12.6. The first-order valence-corrected chi connectivity index (χ1v) is 17.9. The van der Waals surface area contributed by atoms with Crippen LogP contribution in [0.4, 0.5) is 4.79 Å². The molecule has 0 bridgehead atoms. The molecule has 2 aromatic carbocycles. The first kappa shape index (κ1) is 34.6. The Kier molecular flexibility index (Phi) is 9.94. The average Bonchev–Trinajstić information content (AvgIpc) is 3.45. The highest BCUT2D eigenvalue weighted by atomic mass is 28.4. The Bertz CT molecular complexity index is 1590. The number of imide groups is 1. The Morgan fingerprint density at radius 1 is 1.00 bits per heavy atom. The van der Waals surface area contributed by atoms with Gasteiger partial charge in [0.2, 0.25) is 6.10 Å². The van der Waals surface area contributed by atoms with Gasteiger partial charge < -0.3 is 24.3 Å². The summed E-state index contributed by atoms with van der Waals surface area (Å²) in [7, 11) is -2.22. The van der Waals surface area contributed by atoms with Crippen LogP contribution in [0.5, 0.6) is 5.75 Å². The predicted molar refractivity (Wildman–Crippen MR) is 171 cm³/mol. The second kappa shape index (κ2) is 13.2. The van der Waals surface area contributed by atoms with E-state index in [0.29, 0.717) is 22.9 Å². The van der Waals surface area contributed by atoms with E-state index in [1.165, 1.54) is 12.1 Å². The third-order valence-electron chi connectivity index (χ3n) is 7.72. The molecule has 1 aliphatic rings. The molecule has 3 amide bonds. The first-order valence-electron chi connectivity index (χ1n) is 15.0. The number of aromatic nitrogens is 2. The Hall–Kier alpha value is -4.27. The molecule has 0 spiro atoms. The highest BCUT2D eigenvalue weighted by Crippen LogP contribution is 2.37. The Labute approximate surface area is 268 Å². The molecule has 0 fully saturated rings. The van der Waals surface area contributed by atoms with Crippen LogP contribution in [-0.2, 0) is 25.3 Å². The van der Waals surface area contributed by atoms with Gasteiger partial charge in [-0.15, -0.1) is 5.06 Å². The molecule has 0 unspecified atom stereocenters. The van der Waals surface area contributed by atoms with Crippen LogP contribution >= 0.6 is 0 Å². The van der Waals surface area contributed by atoms with Crippen molar-refractivity contribution in [1.29, 1.82) is 0 Å². The molecule has 13 nitrogen and oxygen atoms in total. The number of ether oxygens (including phenoxy) is 2. The second-order valence-corrected chi connectivity index (χ2v) is 18.4. The number of hydrogen-bond acceptors (Lipinski definition) is 9. The van der Waals surface area contributed by atoms with Crippen LogP contribution < -0.4 is 10.1 Å². The molecule has 0 aliphatic carbocycles. The smallest absolute Gasteiger partial charge is 0.407 e. The van der Waals surface area contributed by atoms with Crippen LogP contribution in [0.15, 0.2) is 48.7 Å². The molecule has 3 aromatic rings. The van der Waals surface area contributed by atoms with E-state index in [1.807, 2.05) is 6.20 Å². The van der Waals surface area contributed by atoms with Crippen molar-refractivity contribution in [3.63, 3.8) is 0 Å². The number of nitrogens with one attached hydrogen (secondary N) is 1. The van der Waals surface area contributed by atoms with Gasteiger partial charge in [-0.3, -0.25) is 14.3 Å². The zero-order valence-corrected chi connectivity index (χ0v) is 28.4. The van der Waals surface area contributed by atoms with E-state index in [9.17, 15) is 24.3 Å². The van der Waals surface area contributed by atoms with E-state index in [0.717, 1.165) is 5.39 Å². The quantitative estimate of drug-likeness (QED) is 0.201. The van der Waals surface area contributed by atoms with Crippen molar-refractivity contribution in [2.24, 2.45) is 0 Å². The van der Waals surface area contributed by atoms with Crippen molar-refractivity contribution in [3.8, 4) is 5.75 Å². The van der Waals surface area contributed by atoms with E-state index in [2.05, 4.69) is 44.3 Å². The largest absolute Gasteiger partial charge is 0.490 e. The zero-order valence-electron chi connectivity index (χ0n) is 27.4. The highest BCUT2D eigenvalue weighted by molar-refractivity contribution is 6.74. The topological polar surface area (TPSA) is 159 Å². The van der Waals surface area contributed by atoms with Gasteiger partial charge in [0.25, 0.3) is 11.8 Å². The van der Waals surface area contributed by atoms with Crippen LogP contribution in [0.25, 0.3) is 10.9 Å². The molecule has 1 aliphatic heterocycles. The fourth-order valence-corrected chi connectivity index (χ4v) is 5.75. The number of aliphatic carboxylic acids is 1. The number of hydrogen-bond donors (Lipinski definition) is 2. The summed E-state index contributed by atoms with van der Waals surface area (Å²) in [5, 5.41) is 18.3. The van der Waals surface area contributed by atoms with Crippen LogP contribution in [0.1, 0.15) is 62.3 Å². The average molecular weight is 655 g/mol. The predicted octanol–water partition coefficient (Wildman–Crippen LogP) is 5.01. The van der Waals surface area contributed by atoms with E-state index in [1.54, 1.807) is 55.8 Å². The third-order valence-corrected chi connectivity index (χ3v) is 12.3. The number of nitrogens with zero attached hydrogens (tertiary/aromatic N) is 3. The van der Waals surface area contributed by atoms with E-state index < -0.39 is 56.6 Å². The Morgan fingerprint density at radius 2 is 1.63 bits per heavy atom. The minimum absolute atomic E-state index is 0.0604. The van der Waals surface area contributed by atoms with Crippen molar-refractivity contribution in [3.05, 3.63) is 59.8 Å². The van der Waals surface area contributed by atoms with Crippen LogP contribution in [0.2, 0.25) is 18.1 Å². The second-order valence-electron chi connectivity index (χ2n) is 13.6. The lowest BCUT2D eigenvalue weighted by Crippen LogP contribution is -2.48. The zero-order chi connectivity index (χ0) is 34.0. The molecular weight excluding hydrogens is 612 g/mol. The minimum atomic E-state index is -2.22. The van der Waals surface area contributed by atoms with Crippen molar-refractivity contribution in [2.45, 2.75) is 84.0 Å². The number of carboxylic acid groups (broad SMARTS) is 1. The standard InChI is InChI=1S/C32H42N4O9Si/c1-31(2,3)43-30(41)33-16-22(45-46(7,8)32(4,5)6)18-35-17-20-15-21(13-14-25(20)34-35)42-19-26(29(39)40)44-36-27(37)23-11-9-10-12-24(23)28(36)38/h9-15,17,22,26H,16,18-19H2,1-8H3,(H,33,41)(H,39,40)/t22-,26+/m1/s1. The minimum Gasteiger partial charge on any atom is -0.490 e. The normalized spacial score (nSPS) is 15.1. The fourth-order valence-electron chi connectivity index (χ4n) is 4.40. The summed E-state index contributed by atoms with van der Waals surface area (Å²) >= 11 is 0. The maximum absolute atomic E-state index is 12.6. The number of carboxylic acids is 1. The Balaban J connectivity index is 1.44. The maximum Gasteiger partial charge on any atom is 0.407 e. The molecule has 4 rings (SSSR count). The number of rotatable bonds is 12. The monoisotopic (exact) mass is 654 g/mol. The van der Waals surface area contributed by atoms with Crippen molar-refractivity contribution < 1.29 is 43.0 Å². The molecule has 2 N–H and O–H groups in total. The van der Waals surface area contributed by atoms with E-state index >= 15 is 0 Å². The molecule has 14 heteroatoms. The molecular formula is C32H42N4O9Si. The molecule has 0 saturated carbocycles. The van der Waals surface area contributed by atoms with E-state index in [4.69, 9.17) is 18.7 Å². The third kappa shape index (κ3) is 8.30. The van der Waals surface area contributed by atoms with Crippen molar-refractivity contribution >= 4 is 43.1 Å². The van der Waals surface area contributed by atoms with Gasteiger partial charge in [-0.05, 0) is 69.2 Å². The van der Waals surface area contributed by atoms with E-state index in [-0.39, 0.29) is 22.7 Å². The summed E-state index contributed by atoms with van der Waals surface area (Å²) in [5.41, 5.74) is 0.302. The molecule has 248 valence electrons. The van der Waals surface area contributed by atoms with Gasteiger partial charge in [0.15, 0.2) is 8.32 Å². The van der Waals surface area contributed by atoms with Gasteiger partial charge in [0.1, 0.15) is 18.0 Å².